The third kappa shape index (κ3) is 3.85. The third-order valence-corrected chi connectivity index (χ3v) is 4.44. The van der Waals surface area contributed by atoms with E-state index < -0.39 is 10.0 Å². The number of hydrogen-bond acceptors (Lipinski definition) is 3. The minimum Gasteiger partial charge on any atom is -0.352 e. The van der Waals surface area contributed by atoms with Crippen LogP contribution in [0.2, 0.25) is 0 Å². The Morgan fingerprint density at radius 2 is 1.77 bits per heavy atom. The Hall–Kier alpha value is -2.34. The van der Waals surface area contributed by atoms with Crippen molar-refractivity contribution in [3.05, 3.63) is 59.7 Å². The van der Waals surface area contributed by atoms with Gasteiger partial charge in [0, 0.05) is 17.8 Å². The number of amides is 1. The molecule has 0 unspecified atom stereocenters. The molecule has 2 rings (SSSR count). The Morgan fingerprint density at radius 3 is 2.41 bits per heavy atom. The van der Waals surface area contributed by atoms with Crippen molar-refractivity contribution < 1.29 is 13.2 Å². The summed E-state index contributed by atoms with van der Waals surface area (Å²) in [5.41, 5.74) is 1.74. The second-order valence-electron chi connectivity index (χ2n) is 4.86. The van der Waals surface area contributed by atoms with Gasteiger partial charge in [-0.3, -0.25) is 9.52 Å². The summed E-state index contributed by atoms with van der Waals surface area (Å²) < 4.78 is 27.1. The van der Waals surface area contributed by atoms with E-state index in [1.165, 1.54) is 6.07 Å². The molecule has 0 aliphatic heterocycles. The highest BCUT2D eigenvalue weighted by molar-refractivity contribution is 7.92. The smallest absolute Gasteiger partial charge is 0.261 e. The van der Waals surface area contributed by atoms with Gasteiger partial charge >= 0.3 is 0 Å². The zero-order chi connectivity index (χ0) is 16.2. The Morgan fingerprint density at radius 1 is 1.09 bits per heavy atom. The van der Waals surface area contributed by atoms with Gasteiger partial charge in [-0.1, -0.05) is 23.8 Å². The molecule has 2 aromatic carbocycles. The van der Waals surface area contributed by atoms with E-state index in [0.29, 0.717) is 17.8 Å². The van der Waals surface area contributed by atoms with E-state index in [-0.39, 0.29) is 10.8 Å². The molecule has 5 nitrogen and oxygen atoms in total. The molecule has 6 heteroatoms. The topological polar surface area (TPSA) is 75.3 Å². The minimum atomic E-state index is -3.67. The molecule has 0 aliphatic rings. The molecule has 0 saturated heterocycles. The molecule has 0 atom stereocenters. The number of aryl methyl sites for hydroxylation is 1. The van der Waals surface area contributed by atoms with Crippen LogP contribution in [-0.2, 0) is 10.0 Å². The van der Waals surface area contributed by atoms with Gasteiger partial charge in [0.1, 0.15) is 0 Å². The molecule has 0 aliphatic carbocycles. The van der Waals surface area contributed by atoms with Crippen LogP contribution in [0.3, 0.4) is 0 Å². The van der Waals surface area contributed by atoms with E-state index in [2.05, 4.69) is 10.0 Å². The normalized spacial score (nSPS) is 11.0. The first-order valence-corrected chi connectivity index (χ1v) is 8.38. The number of benzene rings is 2. The molecule has 116 valence electrons. The van der Waals surface area contributed by atoms with E-state index >= 15 is 0 Å². The lowest BCUT2D eigenvalue weighted by atomic mass is 10.2. The molecule has 2 aromatic rings. The highest BCUT2D eigenvalue weighted by Crippen LogP contribution is 2.17. The fourth-order valence-electron chi connectivity index (χ4n) is 1.92. The van der Waals surface area contributed by atoms with E-state index in [1.807, 2.05) is 13.8 Å². The van der Waals surface area contributed by atoms with Crippen LogP contribution in [0.1, 0.15) is 22.8 Å². The molecule has 22 heavy (non-hydrogen) atoms. The maximum absolute atomic E-state index is 12.3. The summed E-state index contributed by atoms with van der Waals surface area (Å²) in [6.45, 7) is 4.22. The van der Waals surface area contributed by atoms with E-state index in [0.717, 1.165) is 5.56 Å². The second-order valence-corrected chi connectivity index (χ2v) is 6.54. The fraction of sp³-hybridized carbons (Fsp3) is 0.188. The average molecular weight is 318 g/mol. The first-order valence-electron chi connectivity index (χ1n) is 6.90. The molecule has 0 bridgehead atoms. The lowest BCUT2D eigenvalue weighted by Gasteiger charge is -2.10. The molecule has 0 heterocycles. The average Bonchev–Trinajstić information content (AvgIpc) is 2.48. The van der Waals surface area contributed by atoms with E-state index in [9.17, 15) is 13.2 Å². The standard InChI is InChI=1S/C16H18N2O3S/c1-3-17-16(19)13-5-4-6-14(11-13)18-22(20,21)15-9-7-12(2)8-10-15/h4-11,18H,3H2,1-2H3,(H,17,19). The molecule has 0 saturated carbocycles. The predicted octanol–water partition coefficient (Wildman–Crippen LogP) is 2.55. The lowest BCUT2D eigenvalue weighted by Crippen LogP contribution is -2.22. The number of carbonyl (C=O) groups is 1. The Kier molecular flexibility index (Phi) is 4.82. The van der Waals surface area contributed by atoms with Gasteiger partial charge in [0.25, 0.3) is 15.9 Å². The maximum atomic E-state index is 12.3. The number of hydrogen-bond donors (Lipinski definition) is 2. The molecular weight excluding hydrogens is 300 g/mol. The summed E-state index contributed by atoms with van der Waals surface area (Å²) in [5.74, 6) is -0.237. The number of nitrogens with one attached hydrogen (secondary N) is 2. The third-order valence-electron chi connectivity index (χ3n) is 3.05. The Balaban J connectivity index is 2.24. The first kappa shape index (κ1) is 16.0. The van der Waals surface area contributed by atoms with Crippen LogP contribution in [-0.4, -0.2) is 20.9 Å². The second kappa shape index (κ2) is 6.62. The Labute approximate surface area is 130 Å². The van der Waals surface area contributed by atoms with Crippen molar-refractivity contribution in [2.45, 2.75) is 18.7 Å². The van der Waals surface area contributed by atoms with Crippen LogP contribution in [0.25, 0.3) is 0 Å². The largest absolute Gasteiger partial charge is 0.352 e. The van der Waals surface area contributed by atoms with Gasteiger partial charge in [-0.05, 0) is 44.2 Å². The summed E-state index contributed by atoms with van der Waals surface area (Å²) >= 11 is 0. The van der Waals surface area contributed by atoms with Crippen molar-refractivity contribution in [3.8, 4) is 0 Å². The van der Waals surface area contributed by atoms with Gasteiger partial charge in [0.15, 0.2) is 0 Å². The van der Waals surface area contributed by atoms with E-state index in [4.69, 9.17) is 0 Å². The molecule has 1 amide bonds. The van der Waals surface area contributed by atoms with Crippen molar-refractivity contribution in [1.29, 1.82) is 0 Å². The molecule has 2 N–H and O–H groups in total. The van der Waals surface area contributed by atoms with Gasteiger partial charge in [-0.2, -0.15) is 0 Å². The number of rotatable bonds is 5. The summed E-state index contributed by atoms with van der Waals surface area (Å²) in [5, 5.41) is 2.67. The summed E-state index contributed by atoms with van der Waals surface area (Å²) in [6.07, 6.45) is 0. The highest BCUT2D eigenvalue weighted by Gasteiger charge is 2.14. The van der Waals surface area contributed by atoms with Crippen LogP contribution in [0.4, 0.5) is 5.69 Å². The number of sulfonamides is 1. The van der Waals surface area contributed by atoms with Crippen LogP contribution in [0.5, 0.6) is 0 Å². The summed E-state index contributed by atoms with van der Waals surface area (Å²) in [7, 11) is -3.67. The molecular formula is C16H18N2O3S. The van der Waals surface area contributed by atoms with Crippen LogP contribution in [0.15, 0.2) is 53.4 Å². The van der Waals surface area contributed by atoms with Crippen LogP contribution >= 0.6 is 0 Å². The lowest BCUT2D eigenvalue weighted by molar-refractivity contribution is 0.0956. The van der Waals surface area contributed by atoms with Crippen molar-refractivity contribution >= 4 is 21.6 Å². The predicted molar refractivity (Wildman–Crippen MR) is 86.4 cm³/mol. The zero-order valence-electron chi connectivity index (χ0n) is 12.5. The summed E-state index contributed by atoms with van der Waals surface area (Å²) in [4.78, 5) is 12.0. The van der Waals surface area contributed by atoms with Gasteiger partial charge in [-0.25, -0.2) is 8.42 Å². The van der Waals surface area contributed by atoms with Crippen molar-refractivity contribution in [1.82, 2.24) is 5.32 Å². The quantitative estimate of drug-likeness (QED) is 0.889. The maximum Gasteiger partial charge on any atom is 0.261 e. The minimum absolute atomic E-state index is 0.182. The molecule has 0 fully saturated rings. The van der Waals surface area contributed by atoms with Crippen molar-refractivity contribution in [2.24, 2.45) is 0 Å². The SMILES string of the molecule is CCNC(=O)c1cccc(NS(=O)(=O)c2ccc(C)cc2)c1. The molecule has 0 radical (unpaired) electrons. The monoisotopic (exact) mass is 318 g/mol. The zero-order valence-corrected chi connectivity index (χ0v) is 13.3. The van der Waals surface area contributed by atoms with Gasteiger partial charge in [-0.15, -0.1) is 0 Å². The Bertz CT molecular complexity index is 768. The van der Waals surface area contributed by atoms with Crippen molar-refractivity contribution in [3.63, 3.8) is 0 Å². The van der Waals surface area contributed by atoms with E-state index in [1.54, 1.807) is 42.5 Å². The molecule has 0 aromatic heterocycles. The van der Waals surface area contributed by atoms with Gasteiger partial charge in [0.05, 0.1) is 4.90 Å². The van der Waals surface area contributed by atoms with Gasteiger partial charge in [0.2, 0.25) is 0 Å². The highest BCUT2D eigenvalue weighted by atomic mass is 32.2. The first-order chi connectivity index (χ1) is 10.4. The van der Waals surface area contributed by atoms with Crippen molar-refractivity contribution in [2.75, 3.05) is 11.3 Å². The van der Waals surface area contributed by atoms with Crippen LogP contribution in [0, 0.1) is 6.92 Å². The van der Waals surface area contributed by atoms with Crippen LogP contribution < -0.4 is 10.0 Å². The number of carbonyl (C=O) groups excluding carboxylic acids is 1. The fourth-order valence-corrected chi connectivity index (χ4v) is 2.97. The number of anilines is 1. The van der Waals surface area contributed by atoms with Gasteiger partial charge < -0.3 is 5.32 Å². The summed E-state index contributed by atoms with van der Waals surface area (Å²) in [6, 6.07) is 13.0. The molecule has 0 spiro atoms.